The molecule has 0 unspecified atom stereocenters. The van der Waals surface area contributed by atoms with Crippen LogP contribution in [0.1, 0.15) is 30.5 Å². The first kappa shape index (κ1) is 16.2. The van der Waals surface area contributed by atoms with Gasteiger partial charge in [0.25, 0.3) is 0 Å². The first-order valence-electron chi connectivity index (χ1n) is 6.55. The number of hydrogen-bond donors (Lipinski definition) is 2. The van der Waals surface area contributed by atoms with E-state index in [-0.39, 0.29) is 12.5 Å². The van der Waals surface area contributed by atoms with Gasteiger partial charge in [0.1, 0.15) is 5.75 Å². The zero-order valence-electron chi connectivity index (χ0n) is 12.8. The Morgan fingerprint density at radius 1 is 1.35 bits per heavy atom. The fourth-order valence-corrected chi connectivity index (χ4v) is 1.89. The van der Waals surface area contributed by atoms with Crippen LogP contribution < -0.4 is 10.1 Å². The molecule has 0 saturated carbocycles. The van der Waals surface area contributed by atoms with Gasteiger partial charge in [0, 0.05) is 6.08 Å². The van der Waals surface area contributed by atoms with Crippen molar-refractivity contribution in [2.24, 2.45) is 0 Å². The van der Waals surface area contributed by atoms with E-state index in [1.807, 2.05) is 26.0 Å². The van der Waals surface area contributed by atoms with Gasteiger partial charge in [0.05, 0.1) is 19.3 Å². The van der Waals surface area contributed by atoms with Crippen molar-refractivity contribution in [3.63, 3.8) is 0 Å². The molecule has 2 N–H and O–H groups in total. The Hall–Kier alpha value is -1.81. The summed E-state index contributed by atoms with van der Waals surface area (Å²) in [6.07, 6.45) is 3.27. The molecule has 0 radical (unpaired) electrons. The molecule has 1 aromatic rings. The summed E-state index contributed by atoms with van der Waals surface area (Å²) in [5.41, 5.74) is 2.48. The predicted molar refractivity (Wildman–Crippen MR) is 80.8 cm³/mol. The highest BCUT2D eigenvalue weighted by Gasteiger charge is 2.17. The molecule has 0 atom stereocenters. The minimum atomic E-state index is -0.620. The number of nitrogens with one attached hydrogen (secondary N) is 1. The van der Waals surface area contributed by atoms with Crippen LogP contribution in [0.2, 0.25) is 0 Å². The zero-order chi connectivity index (χ0) is 15.3. The fraction of sp³-hybridized carbons (Fsp3) is 0.438. The Morgan fingerprint density at radius 3 is 2.35 bits per heavy atom. The number of benzene rings is 1. The molecule has 0 spiro atoms. The summed E-state index contributed by atoms with van der Waals surface area (Å²) in [6.45, 7) is 7.38. The van der Waals surface area contributed by atoms with Gasteiger partial charge in [-0.2, -0.15) is 0 Å². The van der Waals surface area contributed by atoms with Crippen LogP contribution in [0.3, 0.4) is 0 Å². The summed E-state index contributed by atoms with van der Waals surface area (Å²) in [5, 5.41) is 11.9. The van der Waals surface area contributed by atoms with Gasteiger partial charge in [-0.3, -0.25) is 4.79 Å². The number of hydrogen-bond acceptors (Lipinski definition) is 3. The van der Waals surface area contributed by atoms with Crippen LogP contribution in [-0.2, 0) is 4.79 Å². The average Bonchev–Trinajstić information content (AvgIpc) is 2.36. The topological polar surface area (TPSA) is 58.6 Å². The Labute approximate surface area is 120 Å². The molecule has 0 aliphatic heterocycles. The molecule has 20 heavy (non-hydrogen) atoms. The normalized spacial score (nSPS) is 11.7. The molecule has 1 amide bonds. The Bertz CT molecular complexity index is 495. The summed E-state index contributed by atoms with van der Waals surface area (Å²) < 4.78 is 5.21. The lowest BCUT2D eigenvalue weighted by atomic mass is 10.0. The van der Waals surface area contributed by atoms with Gasteiger partial charge in [-0.1, -0.05) is 0 Å². The van der Waals surface area contributed by atoms with E-state index in [0.717, 1.165) is 22.4 Å². The predicted octanol–water partition coefficient (Wildman–Crippen LogP) is 2.21. The number of carbonyl (C=O) groups is 1. The molecule has 4 heteroatoms. The van der Waals surface area contributed by atoms with Crippen molar-refractivity contribution in [2.75, 3.05) is 13.7 Å². The summed E-state index contributed by atoms with van der Waals surface area (Å²) in [4.78, 5) is 11.8. The molecule has 1 aromatic carbocycles. The number of carbonyl (C=O) groups excluding carboxylic acids is 1. The number of aliphatic hydroxyl groups is 1. The minimum Gasteiger partial charge on any atom is -0.497 e. The number of rotatable bonds is 5. The monoisotopic (exact) mass is 277 g/mol. The van der Waals surface area contributed by atoms with Crippen LogP contribution in [0.15, 0.2) is 18.2 Å². The Balaban J connectivity index is 2.88. The van der Waals surface area contributed by atoms with Crippen molar-refractivity contribution in [1.29, 1.82) is 0 Å². The van der Waals surface area contributed by atoms with E-state index in [9.17, 15) is 4.79 Å². The lowest BCUT2D eigenvalue weighted by molar-refractivity contribution is -0.118. The molecular formula is C16H23NO3. The van der Waals surface area contributed by atoms with Gasteiger partial charge in [-0.05, 0) is 62.6 Å². The van der Waals surface area contributed by atoms with E-state index in [4.69, 9.17) is 9.84 Å². The largest absolute Gasteiger partial charge is 0.497 e. The van der Waals surface area contributed by atoms with Crippen LogP contribution in [0, 0.1) is 13.8 Å². The van der Waals surface area contributed by atoms with Crippen molar-refractivity contribution >= 4 is 12.0 Å². The third kappa shape index (κ3) is 4.38. The van der Waals surface area contributed by atoms with Crippen molar-refractivity contribution in [3.05, 3.63) is 34.9 Å². The second kappa shape index (κ2) is 6.57. The molecule has 0 heterocycles. The lowest BCUT2D eigenvalue weighted by Crippen LogP contribution is -2.45. The maximum Gasteiger partial charge on any atom is 0.244 e. The SMILES string of the molecule is COc1cc(C)c(/C=C/C(=O)NC(C)(C)CO)c(C)c1. The van der Waals surface area contributed by atoms with Gasteiger partial charge >= 0.3 is 0 Å². The summed E-state index contributed by atoms with van der Waals surface area (Å²) in [7, 11) is 1.63. The van der Waals surface area contributed by atoms with E-state index < -0.39 is 5.54 Å². The maximum atomic E-state index is 11.8. The summed E-state index contributed by atoms with van der Waals surface area (Å²) >= 11 is 0. The highest BCUT2D eigenvalue weighted by atomic mass is 16.5. The van der Waals surface area contributed by atoms with Gasteiger partial charge in [-0.15, -0.1) is 0 Å². The Morgan fingerprint density at radius 2 is 1.90 bits per heavy atom. The smallest absolute Gasteiger partial charge is 0.244 e. The summed E-state index contributed by atoms with van der Waals surface area (Å²) in [5.74, 6) is 0.585. The lowest BCUT2D eigenvalue weighted by Gasteiger charge is -2.22. The van der Waals surface area contributed by atoms with E-state index in [1.54, 1.807) is 27.0 Å². The molecule has 1 rings (SSSR count). The number of methoxy groups -OCH3 is 1. The number of ether oxygens (including phenoxy) is 1. The maximum absolute atomic E-state index is 11.8. The third-order valence-corrected chi connectivity index (χ3v) is 3.06. The molecule has 0 aromatic heterocycles. The summed E-state index contributed by atoms with van der Waals surface area (Å²) in [6, 6.07) is 3.87. The first-order valence-corrected chi connectivity index (χ1v) is 6.55. The van der Waals surface area contributed by atoms with E-state index in [0.29, 0.717) is 0 Å². The van der Waals surface area contributed by atoms with Gasteiger partial charge in [0.2, 0.25) is 5.91 Å². The van der Waals surface area contributed by atoms with Crippen molar-refractivity contribution in [2.45, 2.75) is 33.2 Å². The Kier molecular flexibility index (Phi) is 5.34. The molecule has 0 aliphatic carbocycles. The van der Waals surface area contributed by atoms with Gasteiger partial charge in [-0.25, -0.2) is 0 Å². The quantitative estimate of drug-likeness (QED) is 0.811. The second-order valence-corrected chi connectivity index (χ2v) is 5.54. The molecule has 0 bridgehead atoms. The third-order valence-electron chi connectivity index (χ3n) is 3.06. The van der Waals surface area contributed by atoms with Gasteiger partial charge < -0.3 is 15.2 Å². The fourth-order valence-electron chi connectivity index (χ4n) is 1.89. The van der Waals surface area contributed by atoms with Crippen LogP contribution in [0.4, 0.5) is 0 Å². The van der Waals surface area contributed by atoms with Gasteiger partial charge in [0.15, 0.2) is 0 Å². The van der Waals surface area contributed by atoms with Crippen LogP contribution in [-0.4, -0.2) is 30.3 Å². The highest BCUT2D eigenvalue weighted by Crippen LogP contribution is 2.22. The standard InChI is InChI=1S/C16H23NO3/c1-11-8-13(20-5)9-12(2)14(11)6-7-15(19)17-16(3,4)10-18/h6-9,18H,10H2,1-5H3,(H,17,19)/b7-6+. The molecule has 4 nitrogen and oxygen atoms in total. The average molecular weight is 277 g/mol. The minimum absolute atomic E-state index is 0.104. The van der Waals surface area contributed by atoms with Crippen LogP contribution in [0.25, 0.3) is 6.08 Å². The number of aryl methyl sites for hydroxylation is 2. The van der Waals surface area contributed by atoms with E-state index in [1.165, 1.54) is 6.08 Å². The zero-order valence-corrected chi connectivity index (χ0v) is 12.8. The van der Waals surface area contributed by atoms with Crippen molar-refractivity contribution < 1.29 is 14.6 Å². The van der Waals surface area contributed by atoms with Crippen LogP contribution >= 0.6 is 0 Å². The molecule has 0 saturated heterocycles. The van der Waals surface area contributed by atoms with Crippen LogP contribution in [0.5, 0.6) is 5.75 Å². The number of aliphatic hydroxyl groups excluding tert-OH is 1. The number of amides is 1. The molecule has 0 fully saturated rings. The molecule has 110 valence electrons. The molecule has 0 aliphatic rings. The van der Waals surface area contributed by atoms with Crippen molar-refractivity contribution in [3.8, 4) is 5.75 Å². The second-order valence-electron chi connectivity index (χ2n) is 5.54. The van der Waals surface area contributed by atoms with Crippen molar-refractivity contribution in [1.82, 2.24) is 5.32 Å². The first-order chi connectivity index (χ1) is 9.29. The van der Waals surface area contributed by atoms with E-state index >= 15 is 0 Å². The molecular weight excluding hydrogens is 254 g/mol. The highest BCUT2D eigenvalue weighted by molar-refractivity contribution is 5.92. The van der Waals surface area contributed by atoms with E-state index in [2.05, 4.69) is 5.32 Å².